The van der Waals surface area contributed by atoms with Crippen molar-refractivity contribution in [2.24, 2.45) is 0 Å². The fraction of sp³-hybridized carbons (Fsp3) is 0.167. The summed E-state index contributed by atoms with van der Waals surface area (Å²) in [6.07, 6.45) is -8.52. The predicted molar refractivity (Wildman–Crippen MR) is 65.9 cm³/mol. The van der Waals surface area contributed by atoms with Gasteiger partial charge in [-0.25, -0.2) is 9.97 Å². The van der Waals surface area contributed by atoms with E-state index in [1.165, 1.54) is 0 Å². The Kier molecular flexibility index (Phi) is 4.33. The zero-order valence-electron chi connectivity index (χ0n) is 10.8. The van der Waals surface area contributed by atoms with Gasteiger partial charge in [0.15, 0.2) is 0 Å². The van der Waals surface area contributed by atoms with Gasteiger partial charge >= 0.3 is 12.4 Å². The summed E-state index contributed by atoms with van der Waals surface area (Å²) >= 11 is 0.423. The Bertz CT molecular complexity index is 671. The Balaban J connectivity index is 2.30. The lowest BCUT2D eigenvalue weighted by atomic mass is 10.3. The monoisotopic (exact) mass is 356 g/mol. The molecular formula is C12H6F6N2O2S. The SMILES string of the molecule is Oc1cc(C(F)(F)F)cnc1Sc1ncc(C(F)(F)F)cc1O. The normalized spacial score (nSPS) is 12.4. The minimum Gasteiger partial charge on any atom is -0.505 e. The number of nitrogens with zero attached hydrogens (tertiary/aromatic N) is 2. The molecule has 23 heavy (non-hydrogen) atoms. The quantitative estimate of drug-likeness (QED) is 0.794. The van der Waals surface area contributed by atoms with Crippen LogP contribution in [0.4, 0.5) is 26.3 Å². The van der Waals surface area contributed by atoms with Crippen LogP contribution in [0.3, 0.4) is 0 Å². The van der Waals surface area contributed by atoms with Crippen LogP contribution in [-0.4, -0.2) is 20.2 Å². The highest BCUT2D eigenvalue weighted by molar-refractivity contribution is 7.99. The van der Waals surface area contributed by atoms with Gasteiger partial charge in [-0.05, 0) is 23.9 Å². The zero-order valence-corrected chi connectivity index (χ0v) is 11.6. The maximum Gasteiger partial charge on any atom is 0.418 e. The molecule has 0 spiro atoms. The maximum atomic E-state index is 12.4. The molecule has 0 aromatic carbocycles. The largest absolute Gasteiger partial charge is 0.505 e. The van der Waals surface area contributed by atoms with Crippen molar-refractivity contribution in [3.05, 3.63) is 35.7 Å². The van der Waals surface area contributed by atoms with Crippen LogP contribution in [0.1, 0.15) is 11.1 Å². The highest BCUT2D eigenvalue weighted by atomic mass is 32.2. The number of aromatic hydroxyl groups is 2. The average molecular weight is 356 g/mol. The van der Waals surface area contributed by atoms with Gasteiger partial charge in [0.25, 0.3) is 0 Å². The van der Waals surface area contributed by atoms with E-state index in [-0.39, 0.29) is 10.1 Å². The number of alkyl halides is 6. The van der Waals surface area contributed by atoms with Crippen molar-refractivity contribution in [1.82, 2.24) is 9.97 Å². The minimum atomic E-state index is -4.71. The van der Waals surface area contributed by atoms with Crippen LogP contribution in [-0.2, 0) is 12.4 Å². The standard InChI is InChI=1S/C12H6F6N2O2S/c13-11(14,15)5-1-7(21)9(19-3-5)23-10-8(22)2-6(4-20-10)12(16,17)18/h1-4,21-22H. The summed E-state index contributed by atoms with van der Waals surface area (Å²) in [4.78, 5) is 6.74. The fourth-order valence-corrected chi connectivity index (χ4v) is 2.16. The van der Waals surface area contributed by atoms with E-state index >= 15 is 0 Å². The van der Waals surface area contributed by atoms with Crippen LogP contribution < -0.4 is 0 Å². The summed E-state index contributed by atoms with van der Waals surface area (Å²) < 4.78 is 74.6. The molecule has 0 aliphatic rings. The van der Waals surface area contributed by atoms with Crippen molar-refractivity contribution in [2.75, 3.05) is 0 Å². The molecule has 2 aromatic heterocycles. The first-order valence-electron chi connectivity index (χ1n) is 5.69. The lowest BCUT2D eigenvalue weighted by Gasteiger charge is -2.10. The molecule has 2 N–H and O–H groups in total. The molecule has 0 saturated heterocycles. The molecule has 2 aromatic rings. The Morgan fingerprint density at radius 1 is 0.739 bits per heavy atom. The third-order valence-corrected chi connectivity index (χ3v) is 3.53. The van der Waals surface area contributed by atoms with E-state index in [1.54, 1.807) is 0 Å². The van der Waals surface area contributed by atoms with Crippen LogP contribution in [0.25, 0.3) is 0 Å². The summed E-state index contributed by atoms with van der Waals surface area (Å²) in [7, 11) is 0. The number of pyridine rings is 2. The second-order valence-electron chi connectivity index (χ2n) is 4.19. The number of halogens is 6. The van der Waals surface area contributed by atoms with Gasteiger partial charge < -0.3 is 10.2 Å². The van der Waals surface area contributed by atoms with E-state index in [0.29, 0.717) is 36.3 Å². The molecule has 2 heterocycles. The molecule has 124 valence electrons. The van der Waals surface area contributed by atoms with Crippen LogP contribution in [0, 0.1) is 0 Å². The van der Waals surface area contributed by atoms with E-state index in [4.69, 9.17) is 0 Å². The first-order valence-corrected chi connectivity index (χ1v) is 6.50. The molecule has 0 bridgehead atoms. The molecule has 4 nitrogen and oxygen atoms in total. The van der Waals surface area contributed by atoms with E-state index in [2.05, 4.69) is 9.97 Å². The Hall–Kier alpha value is -2.17. The minimum absolute atomic E-state index is 0.347. The zero-order chi connectivity index (χ0) is 17.4. The van der Waals surface area contributed by atoms with Crippen LogP contribution in [0.15, 0.2) is 34.6 Å². The summed E-state index contributed by atoms with van der Waals surface area (Å²) in [6.45, 7) is 0. The van der Waals surface area contributed by atoms with Gasteiger partial charge in [-0.2, -0.15) is 26.3 Å². The van der Waals surface area contributed by atoms with Crippen molar-refractivity contribution < 1.29 is 36.6 Å². The van der Waals surface area contributed by atoms with Crippen molar-refractivity contribution in [1.29, 1.82) is 0 Å². The average Bonchev–Trinajstić information content (AvgIpc) is 2.40. The van der Waals surface area contributed by atoms with Gasteiger partial charge in [-0.1, -0.05) is 0 Å². The van der Waals surface area contributed by atoms with E-state index in [0.717, 1.165) is 0 Å². The second-order valence-corrected chi connectivity index (χ2v) is 5.17. The van der Waals surface area contributed by atoms with E-state index in [1.807, 2.05) is 0 Å². The number of hydrogen-bond donors (Lipinski definition) is 2. The lowest BCUT2D eigenvalue weighted by molar-refractivity contribution is -0.138. The van der Waals surface area contributed by atoms with Crippen molar-refractivity contribution in [2.45, 2.75) is 22.4 Å². The van der Waals surface area contributed by atoms with Crippen molar-refractivity contribution >= 4 is 11.8 Å². The summed E-state index contributed by atoms with van der Waals surface area (Å²) in [5.41, 5.74) is -2.38. The Morgan fingerprint density at radius 3 is 1.35 bits per heavy atom. The Morgan fingerprint density at radius 2 is 1.09 bits per heavy atom. The third kappa shape index (κ3) is 3.97. The molecule has 0 radical (unpaired) electrons. The first-order chi connectivity index (χ1) is 10.5. The number of aromatic nitrogens is 2. The Labute approximate surface area is 128 Å². The topological polar surface area (TPSA) is 66.2 Å². The van der Waals surface area contributed by atoms with Crippen LogP contribution in [0.2, 0.25) is 0 Å². The van der Waals surface area contributed by atoms with Crippen LogP contribution in [0.5, 0.6) is 11.5 Å². The van der Waals surface area contributed by atoms with Crippen LogP contribution >= 0.6 is 11.8 Å². The summed E-state index contributed by atoms with van der Waals surface area (Å²) in [5.74, 6) is -1.68. The van der Waals surface area contributed by atoms with Gasteiger partial charge in [0.2, 0.25) is 0 Å². The highest BCUT2D eigenvalue weighted by Crippen LogP contribution is 2.40. The van der Waals surface area contributed by atoms with Gasteiger partial charge in [-0.15, -0.1) is 0 Å². The smallest absolute Gasteiger partial charge is 0.418 e. The van der Waals surface area contributed by atoms with Gasteiger partial charge in [0, 0.05) is 12.4 Å². The maximum absolute atomic E-state index is 12.4. The van der Waals surface area contributed by atoms with Crippen molar-refractivity contribution in [3.8, 4) is 11.5 Å². The fourth-order valence-electron chi connectivity index (χ4n) is 1.44. The number of hydrogen-bond acceptors (Lipinski definition) is 5. The van der Waals surface area contributed by atoms with Gasteiger partial charge in [0.1, 0.15) is 21.6 Å². The van der Waals surface area contributed by atoms with Gasteiger partial charge in [-0.3, -0.25) is 0 Å². The molecule has 0 aliphatic carbocycles. The molecule has 0 aliphatic heterocycles. The highest BCUT2D eigenvalue weighted by Gasteiger charge is 2.33. The van der Waals surface area contributed by atoms with Gasteiger partial charge in [0.05, 0.1) is 11.1 Å². The second kappa shape index (κ2) is 5.80. The van der Waals surface area contributed by atoms with E-state index in [9.17, 15) is 36.6 Å². The number of rotatable bonds is 2. The molecule has 0 saturated carbocycles. The molecule has 2 rings (SSSR count). The molecule has 0 fully saturated rings. The summed E-state index contributed by atoms with van der Waals surface area (Å²) in [6, 6.07) is 0.826. The molecule has 0 unspecified atom stereocenters. The molecule has 0 atom stereocenters. The van der Waals surface area contributed by atoms with Crippen molar-refractivity contribution in [3.63, 3.8) is 0 Å². The molecule has 11 heteroatoms. The summed E-state index contributed by atoms with van der Waals surface area (Å²) in [5, 5.41) is 18.3. The molecular weight excluding hydrogens is 350 g/mol. The lowest BCUT2D eigenvalue weighted by Crippen LogP contribution is -2.06. The third-order valence-electron chi connectivity index (χ3n) is 2.51. The predicted octanol–water partition coefficient (Wildman–Crippen LogP) is 4.08. The van der Waals surface area contributed by atoms with E-state index < -0.39 is 35.0 Å². The first kappa shape index (κ1) is 17.2. The molecule has 0 amide bonds.